The van der Waals surface area contributed by atoms with Crippen molar-refractivity contribution in [2.24, 2.45) is 5.92 Å². The van der Waals surface area contributed by atoms with Crippen LogP contribution in [0.4, 0.5) is 5.69 Å². The SMILES string of the molecule is CN1CCCC(CNC(=O)c2cc(NCc3ccsc3)cc(S(=O)(=O)NC(C)(C)C)c2)C1. The number of nitrogens with one attached hydrogen (secondary N) is 3. The molecule has 1 atom stereocenters. The molecule has 0 radical (unpaired) electrons. The number of rotatable bonds is 8. The van der Waals surface area contributed by atoms with Gasteiger partial charge in [-0.3, -0.25) is 4.79 Å². The Morgan fingerprint density at radius 2 is 2.03 bits per heavy atom. The minimum Gasteiger partial charge on any atom is -0.381 e. The average molecular weight is 479 g/mol. The van der Waals surface area contributed by atoms with Crippen molar-refractivity contribution in [2.75, 3.05) is 32.0 Å². The molecular weight excluding hydrogens is 444 g/mol. The molecule has 0 aliphatic carbocycles. The number of amides is 1. The van der Waals surface area contributed by atoms with E-state index in [4.69, 9.17) is 0 Å². The lowest BCUT2D eigenvalue weighted by Gasteiger charge is -2.29. The fraction of sp³-hybridized carbons (Fsp3) is 0.522. The maximum atomic E-state index is 13.0. The zero-order chi connectivity index (χ0) is 23.4. The highest BCUT2D eigenvalue weighted by molar-refractivity contribution is 7.89. The number of hydrogen-bond donors (Lipinski definition) is 3. The summed E-state index contributed by atoms with van der Waals surface area (Å²) >= 11 is 1.60. The standard InChI is InChI=1S/C23H34N4O3S2/c1-23(2,3)26-32(29,30)21-11-19(10-20(12-21)24-14-18-7-9-31-16-18)22(28)25-13-17-6-5-8-27(4)15-17/h7,9-12,16-17,24,26H,5-6,8,13-15H2,1-4H3,(H,25,28). The van der Waals surface area contributed by atoms with Gasteiger partial charge in [-0.25, -0.2) is 13.1 Å². The molecule has 1 fully saturated rings. The minimum atomic E-state index is -3.79. The Labute approximate surface area is 195 Å². The first-order valence-electron chi connectivity index (χ1n) is 10.9. The monoisotopic (exact) mass is 478 g/mol. The number of nitrogens with zero attached hydrogens (tertiary/aromatic N) is 1. The highest BCUT2D eigenvalue weighted by atomic mass is 32.2. The van der Waals surface area contributed by atoms with Crippen molar-refractivity contribution in [2.45, 2.75) is 50.6 Å². The van der Waals surface area contributed by atoms with E-state index in [2.05, 4.69) is 27.3 Å². The number of carbonyl (C=O) groups is 1. The topological polar surface area (TPSA) is 90.5 Å². The molecule has 1 amide bonds. The van der Waals surface area contributed by atoms with Gasteiger partial charge in [-0.05, 0) is 93.7 Å². The first-order chi connectivity index (χ1) is 15.0. The van der Waals surface area contributed by atoms with Gasteiger partial charge in [-0.2, -0.15) is 11.3 Å². The largest absolute Gasteiger partial charge is 0.381 e. The Kier molecular flexibility index (Phi) is 7.97. The summed E-state index contributed by atoms with van der Waals surface area (Å²) in [4.78, 5) is 15.3. The second-order valence-electron chi connectivity index (χ2n) is 9.57. The van der Waals surface area contributed by atoms with Crippen molar-refractivity contribution < 1.29 is 13.2 Å². The minimum absolute atomic E-state index is 0.0743. The summed E-state index contributed by atoms with van der Waals surface area (Å²) in [5, 5.41) is 10.3. The molecule has 1 aliphatic rings. The number of sulfonamides is 1. The summed E-state index contributed by atoms with van der Waals surface area (Å²) in [6.45, 7) is 8.54. The van der Waals surface area contributed by atoms with Crippen LogP contribution in [0.5, 0.6) is 0 Å². The summed E-state index contributed by atoms with van der Waals surface area (Å²) in [5.41, 5.74) is 1.40. The molecule has 1 aromatic heterocycles. The lowest BCUT2D eigenvalue weighted by atomic mass is 9.98. The van der Waals surface area contributed by atoms with Gasteiger partial charge in [0.1, 0.15) is 0 Å². The Morgan fingerprint density at radius 1 is 1.25 bits per heavy atom. The van der Waals surface area contributed by atoms with Crippen molar-refractivity contribution in [1.29, 1.82) is 0 Å². The fourth-order valence-electron chi connectivity index (χ4n) is 3.83. The van der Waals surface area contributed by atoms with E-state index in [9.17, 15) is 13.2 Å². The molecule has 1 unspecified atom stereocenters. The Hall–Kier alpha value is -1.94. The molecule has 176 valence electrons. The van der Waals surface area contributed by atoms with E-state index in [0.29, 0.717) is 30.3 Å². The fourth-order valence-corrected chi connectivity index (χ4v) is 5.98. The van der Waals surface area contributed by atoms with E-state index in [0.717, 1.165) is 31.5 Å². The number of carbonyl (C=O) groups excluding carboxylic acids is 1. The molecule has 1 aliphatic heterocycles. The second kappa shape index (κ2) is 10.3. The molecule has 32 heavy (non-hydrogen) atoms. The number of anilines is 1. The van der Waals surface area contributed by atoms with Gasteiger partial charge in [0.05, 0.1) is 4.90 Å². The predicted molar refractivity (Wildman–Crippen MR) is 131 cm³/mol. The summed E-state index contributed by atoms with van der Waals surface area (Å²) < 4.78 is 28.6. The van der Waals surface area contributed by atoms with Gasteiger partial charge < -0.3 is 15.5 Å². The van der Waals surface area contributed by atoms with E-state index in [-0.39, 0.29) is 10.8 Å². The third-order valence-corrected chi connectivity index (χ3v) is 7.74. The summed E-state index contributed by atoms with van der Waals surface area (Å²) in [5.74, 6) is 0.146. The van der Waals surface area contributed by atoms with E-state index in [1.165, 1.54) is 6.07 Å². The zero-order valence-corrected chi connectivity index (χ0v) is 20.9. The van der Waals surface area contributed by atoms with Gasteiger partial charge in [-0.15, -0.1) is 0 Å². The summed E-state index contributed by atoms with van der Waals surface area (Å²) in [7, 11) is -1.69. The maximum Gasteiger partial charge on any atom is 0.251 e. The van der Waals surface area contributed by atoms with Crippen molar-refractivity contribution in [3.05, 3.63) is 46.2 Å². The van der Waals surface area contributed by atoms with Gasteiger partial charge in [0.2, 0.25) is 10.0 Å². The van der Waals surface area contributed by atoms with Crippen LogP contribution in [0.1, 0.15) is 49.5 Å². The quantitative estimate of drug-likeness (QED) is 0.540. The van der Waals surface area contributed by atoms with E-state index < -0.39 is 15.6 Å². The van der Waals surface area contributed by atoms with Crippen molar-refractivity contribution in [3.8, 4) is 0 Å². The van der Waals surface area contributed by atoms with Crippen LogP contribution in [0.15, 0.2) is 39.9 Å². The Balaban J connectivity index is 1.81. The molecule has 0 spiro atoms. The number of likely N-dealkylation sites (tertiary alicyclic amines) is 1. The highest BCUT2D eigenvalue weighted by Gasteiger charge is 2.24. The second-order valence-corrected chi connectivity index (χ2v) is 12.0. The third kappa shape index (κ3) is 7.30. The zero-order valence-electron chi connectivity index (χ0n) is 19.3. The van der Waals surface area contributed by atoms with Crippen molar-refractivity contribution in [3.63, 3.8) is 0 Å². The molecule has 0 saturated carbocycles. The predicted octanol–water partition coefficient (Wildman–Crippen LogP) is 3.51. The van der Waals surface area contributed by atoms with Crippen LogP contribution in [-0.2, 0) is 16.6 Å². The van der Waals surface area contributed by atoms with Crippen LogP contribution in [0.2, 0.25) is 0 Å². The lowest BCUT2D eigenvalue weighted by Crippen LogP contribution is -2.40. The van der Waals surface area contributed by atoms with Gasteiger partial charge in [0, 0.05) is 36.4 Å². The maximum absolute atomic E-state index is 13.0. The lowest BCUT2D eigenvalue weighted by molar-refractivity contribution is 0.0936. The molecule has 1 saturated heterocycles. The average Bonchev–Trinajstić information content (AvgIpc) is 3.22. The third-order valence-electron chi connectivity index (χ3n) is 5.27. The number of benzene rings is 1. The molecule has 3 N–H and O–H groups in total. The molecular formula is C23H34N4O3S2. The molecule has 2 aromatic rings. The Bertz CT molecular complexity index is 1010. The molecule has 0 bridgehead atoms. The van der Waals surface area contributed by atoms with Crippen molar-refractivity contribution >= 4 is 33.0 Å². The molecule has 1 aromatic carbocycles. The number of piperidine rings is 1. The highest BCUT2D eigenvalue weighted by Crippen LogP contribution is 2.22. The van der Waals surface area contributed by atoms with E-state index >= 15 is 0 Å². The number of thiophene rings is 1. The molecule has 3 rings (SSSR count). The van der Waals surface area contributed by atoms with Crippen LogP contribution >= 0.6 is 11.3 Å². The molecule has 2 heterocycles. The summed E-state index contributed by atoms with van der Waals surface area (Å²) in [6.07, 6.45) is 2.21. The van der Waals surface area contributed by atoms with Crippen LogP contribution in [-0.4, -0.2) is 51.4 Å². The van der Waals surface area contributed by atoms with Crippen LogP contribution < -0.4 is 15.4 Å². The Morgan fingerprint density at radius 3 is 2.69 bits per heavy atom. The van der Waals surface area contributed by atoms with Crippen LogP contribution in [0, 0.1) is 5.92 Å². The smallest absolute Gasteiger partial charge is 0.251 e. The molecule has 9 heteroatoms. The first kappa shape index (κ1) is 24.7. The normalized spacial score (nSPS) is 17.8. The van der Waals surface area contributed by atoms with E-state index in [1.54, 1.807) is 44.2 Å². The van der Waals surface area contributed by atoms with Gasteiger partial charge in [0.15, 0.2) is 0 Å². The van der Waals surface area contributed by atoms with Gasteiger partial charge in [-0.1, -0.05) is 0 Å². The van der Waals surface area contributed by atoms with Crippen molar-refractivity contribution in [1.82, 2.24) is 14.9 Å². The van der Waals surface area contributed by atoms with Crippen LogP contribution in [0.25, 0.3) is 0 Å². The first-order valence-corrected chi connectivity index (χ1v) is 13.4. The van der Waals surface area contributed by atoms with E-state index in [1.807, 2.05) is 16.8 Å². The van der Waals surface area contributed by atoms with Gasteiger partial charge >= 0.3 is 0 Å². The number of hydrogen-bond acceptors (Lipinski definition) is 6. The van der Waals surface area contributed by atoms with Gasteiger partial charge in [0.25, 0.3) is 5.91 Å². The molecule has 7 nitrogen and oxygen atoms in total. The van der Waals surface area contributed by atoms with Crippen LogP contribution in [0.3, 0.4) is 0 Å². The summed E-state index contributed by atoms with van der Waals surface area (Å²) in [6, 6.07) is 6.75.